The van der Waals surface area contributed by atoms with Crippen molar-refractivity contribution in [2.75, 3.05) is 0 Å². The van der Waals surface area contributed by atoms with Crippen LogP contribution < -0.4 is 5.32 Å². The lowest BCUT2D eigenvalue weighted by molar-refractivity contribution is 0.0907. The van der Waals surface area contributed by atoms with Gasteiger partial charge in [-0.3, -0.25) is 4.79 Å². The number of nitrogens with zero attached hydrogens (tertiary/aromatic N) is 1. The fraction of sp³-hybridized carbons (Fsp3) is 0.500. The van der Waals surface area contributed by atoms with Crippen LogP contribution in [0.5, 0.6) is 0 Å². The molecule has 1 aliphatic carbocycles. The van der Waals surface area contributed by atoms with E-state index in [2.05, 4.69) is 17.4 Å². The summed E-state index contributed by atoms with van der Waals surface area (Å²) in [6, 6.07) is 8.14. The number of benzene rings is 1. The fourth-order valence-corrected chi connectivity index (χ4v) is 4.62. The molecule has 2 atom stereocenters. The number of carbonyl (C=O) groups excluding carboxylic acids is 1. The number of amides is 1. The standard InChI is InChI=1S/C20H26N2O2S/c1-13-8-4-6-10-18(13)21-20(23)16-9-5-7-11-19(16)25-12-17-14(2)22-24-15(17)3/h5,7,9,11,13,18H,4,6,8,10,12H2,1-3H3,(H,21,23). The Morgan fingerprint density at radius 1 is 1.28 bits per heavy atom. The van der Waals surface area contributed by atoms with Crippen LogP contribution in [0, 0.1) is 19.8 Å². The molecule has 0 saturated heterocycles. The maximum absolute atomic E-state index is 12.8. The quantitative estimate of drug-likeness (QED) is 0.773. The van der Waals surface area contributed by atoms with Crippen LogP contribution in [0.3, 0.4) is 0 Å². The average molecular weight is 359 g/mol. The van der Waals surface area contributed by atoms with Crippen molar-refractivity contribution in [3.63, 3.8) is 0 Å². The van der Waals surface area contributed by atoms with E-state index in [1.165, 1.54) is 19.3 Å². The molecule has 0 spiro atoms. The first-order valence-electron chi connectivity index (χ1n) is 9.00. The summed E-state index contributed by atoms with van der Waals surface area (Å²) < 4.78 is 5.23. The number of nitrogens with one attached hydrogen (secondary N) is 1. The third-order valence-electron chi connectivity index (χ3n) is 5.11. The summed E-state index contributed by atoms with van der Waals surface area (Å²) in [5, 5.41) is 7.26. The molecule has 0 aliphatic heterocycles. The smallest absolute Gasteiger partial charge is 0.252 e. The van der Waals surface area contributed by atoms with Crippen molar-refractivity contribution >= 4 is 17.7 Å². The molecule has 1 saturated carbocycles. The number of hydrogen-bond acceptors (Lipinski definition) is 4. The molecule has 4 nitrogen and oxygen atoms in total. The lowest BCUT2D eigenvalue weighted by Gasteiger charge is -2.29. The minimum atomic E-state index is 0.0422. The Balaban J connectivity index is 1.70. The van der Waals surface area contributed by atoms with E-state index < -0.39 is 0 Å². The molecule has 1 aromatic carbocycles. The zero-order valence-electron chi connectivity index (χ0n) is 15.2. The van der Waals surface area contributed by atoms with Crippen LogP contribution in [0.4, 0.5) is 0 Å². The Morgan fingerprint density at radius 3 is 2.76 bits per heavy atom. The molecule has 1 fully saturated rings. The monoisotopic (exact) mass is 358 g/mol. The molecule has 5 heteroatoms. The van der Waals surface area contributed by atoms with Gasteiger partial charge in [0, 0.05) is 22.3 Å². The summed E-state index contributed by atoms with van der Waals surface area (Å²) in [6.45, 7) is 6.12. The number of carbonyl (C=O) groups is 1. The number of hydrogen-bond donors (Lipinski definition) is 1. The average Bonchev–Trinajstić information content (AvgIpc) is 2.93. The molecule has 3 rings (SSSR count). The van der Waals surface area contributed by atoms with Crippen LogP contribution in [0.25, 0.3) is 0 Å². The third-order valence-corrected chi connectivity index (χ3v) is 6.21. The first-order valence-corrected chi connectivity index (χ1v) is 9.99. The predicted molar refractivity (Wildman–Crippen MR) is 101 cm³/mol. The maximum atomic E-state index is 12.8. The summed E-state index contributed by atoms with van der Waals surface area (Å²) in [7, 11) is 0. The van der Waals surface area contributed by atoms with Crippen molar-refractivity contribution in [2.45, 2.75) is 63.1 Å². The highest BCUT2D eigenvalue weighted by atomic mass is 32.2. The van der Waals surface area contributed by atoms with E-state index in [0.717, 1.165) is 39.7 Å². The van der Waals surface area contributed by atoms with Crippen LogP contribution in [0.2, 0.25) is 0 Å². The second-order valence-corrected chi connectivity index (χ2v) is 7.95. The van der Waals surface area contributed by atoms with E-state index in [0.29, 0.717) is 12.0 Å². The highest BCUT2D eigenvalue weighted by molar-refractivity contribution is 7.98. The molecule has 134 valence electrons. The van der Waals surface area contributed by atoms with E-state index in [9.17, 15) is 4.79 Å². The van der Waals surface area contributed by atoms with E-state index in [4.69, 9.17) is 4.52 Å². The summed E-state index contributed by atoms with van der Waals surface area (Å²) in [5.41, 5.74) is 2.79. The van der Waals surface area contributed by atoms with Crippen molar-refractivity contribution in [1.29, 1.82) is 0 Å². The minimum Gasteiger partial charge on any atom is -0.361 e. The van der Waals surface area contributed by atoms with Crippen LogP contribution >= 0.6 is 11.8 Å². The van der Waals surface area contributed by atoms with E-state index in [1.54, 1.807) is 11.8 Å². The Labute approximate surface area is 153 Å². The number of aryl methyl sites for hydroxylation is 2. The first-order chi connectivity index (χ1) is 12.1. The van der Waals surface area contributed by atoms with Gasteiger partial charge in [0.15, 0.2) is 0 Å². The predicted octanol–water partition coefficient (Wildman–Crippen LogP) is 4.89. The zero-order chi connectivity index (χ0) is 17.8. The van der Waals surface area contributed by atoms with Gasteiger partial charge in [-0.1, -0.05) is 37.1 Å². The van der Waals surface area contributed by atoms with E-state index in [1.807, 2.05) is 38.1 Å². The van der Waals surface area contributed by atoms with Gasteiger partial charge in [-0.15, -0.1) is 11.8 Å². The van der Waals surface area contributed by atoms with Crippen molar-refractivity contribution < 1.29 is 9.32 Å². The van der Waals surface area contributed by atoms with Crippen LogP contribution in [0.1, 0.15) is 60.0 Å². The molecule has 1 aromatic heterocycles. The Hall–Kier alpha value is -1.75. The summed E-state index contributed by atoms with van der Waals surface area (Å²) in [5.74, 6) is 2.20. The zero-order valence-corrected chi connectivity index (χ0v) is 16.0. The Kier molecular flexibility index (Phi) is 5.84. The number of aromatic nitrogens is 1. The first kappa shape index (κ1) is 18.1. The lowest BCUT2D eigenvalue weighted by Crippen LogP contribution is -2.41. The summed E-state index contributed by atoms with van der Waals surface area (Å²) >= 11 is 1.66. The molecule has 1 N–H and O–H groups in total. The highest BCUT2D eigenvalue weighted by Crippen LogP contribution is 2.29. The minimum absolute atomic E-state index is 0.0422. The maximum Gasteiger partial charge on any atom is 0.252 e. The normalized spacial score (nSPS) is 20.4. The Bertz CT molecular complexity index is 722. The van der Waals surface area contributed by atoms with Gasteiger partial charge in [0.05, 0.1) is 11.3 Å². The molecule has 1 aliphatic rings. The highest BCUT2D eigenvalue weighted by Gasteiger charge is 2.24. The van der Waals surface area contributed by atoms with Gasteiger partial charge >= 0.3 is 0 Å². The third kappa shape index (κ3) is 4.27. The van der Waals surface area contributed by atoms with Crippen molar-refractivity contribution in [2.24, 2.45) is 5.92 Å². The molecule has 2 aromatic rings. The largest absolute Gasteiger partial charge is 0.361 e. The molecular weight excluding hydrogens is 332 g/mol. The molecule has 2 unspecified atom stereocenters. The van der Waals surface area contributed by atoms with Crippen LogP contribution in [-0.4, -0.2) is 17.1 Å². The van der Waals surface area contributed by atoms with E-state index >= 15 is 0 Å². The molecule has 0 bridgehead atoms. The SMILES string of the molecule is Cc1noc(C)c1CSc1ccccc1C(=O)NC1CCCCC1C. The number of rotatable bonds is 5. The molecular formula is C20H26N2O2S. The fourth-order valence-electron chi connectivity index (χ4n) is 3.41. The van der Waals surface area contributed by atoms with Crippen LogP contribution in [-0.2, 0) is 5.75 Å². The second kappa shape index (κ2) is 8.09. The summed E-state index contributed by atoms with van der Waals surface area (Å²) in [6.07, 6.45) is 4.77. The Morgan fingerprint density at radius 2 is 2.04 bits per heavy atom. The van der Waals surface area contributed by atoms with Crippen LogP contribution in [0.15, 0.2) is 33.7 Å². The van der Waals surface area contributed by atoms with Gasteiger partial charge in [0.1, 0.15) is 5.76 Å². The second-order valence-electron chi connectivity index (χ2n) is 6.93. The molecule has 1 heterocycles. The molecule has 25 heavy (non-hydrogen) atoms. The topological polar surface area (TPSA) is 55.1 Å². The number of thioether (sulfide) groups is 1. The van der Waals surface area contributed by atoms with Gasteiger partial charge in [-0.2, -0.15) is 0 Å². The summed E-state index contributed by atoms with van der Waals surface area (Å²) in [4.78, 5) is 13.8. The van der Waals surface area contributed by atoms with Gasteiger partial charge in [-0.05, 0) is 44.7 Å². The molecule has 0 radical (unpaired) electrons. The van der Waals surface area contributed by atoms with Gasteiger partial charge in [0.25, 0.3) is 5.91 Å². The van der Waals surface area contributed by atoms with Gasteiger partial charge in [-0.25, -0.2) is 0 Å². The van der Waals surface area contributed by atoms with E-state index in [-0.39, 0.29) is 5.91 Å². The van der Waals surface area contributed by atoms with Crippen molar-refractivity contribution in [3.8, 4) is 0 Å². The van der Waals surface area contributed by atoms with Gasteiger partial charge in [0.2, 0.25) is 0 Å². The van der Waals surface area contributed by atoms with Crippen molar-refractivity contribution in [1.82, 2.24) is 10.5 Å². The lowest BCUT2D eigenvalue weighted by atomic mass is 9.86. The van der Waals surface area contributed by atoms with Gasteiger partial charge < -0.3 is 9.84 Å². The van der Waals surface area contributed by atoms with Crippen molar-refractivity contribution in [3.05, 3.63) is 46.8 Å². The molecule has 1 amide bonds.